The monoisotopic (exact) mass is 228 g/mol. The third-order valence-electron chi connectivity index (χ3n) is 1.78. The Bertz CT molecular complexity index is 287. The summed E-state index contributed by atoms with van der Waals surface area (Å²) in [5, 5.41) is 27.2. The van der Waals surface area contributed by atoms with Gasteiger partial charge in [-0.05, 0) is 0 Å². The fraction of sp³-hybridized carbons (Fsp3) is 1.00. The van der Waals surface area contributed by atoms with E-state index in [1.165, 1.54) is 0 Å². The van der Waals surface area contributed by atoms with Crippen LogP contribution in [-0.4, -0.2) is 61.2 Å². The van der Waals surface area contributed by atoms with Crippen LogP contribution in [-0.2, 0) is 19.0 Å². The molecular weight excluding hydrogens is 216 g/mol. The lowest BCUT2D eigenvalue weighted by Gasteiger charge is -2.15. The molecule has 3 N–H and O–H groups in total. The third kappa shape index (κ3) is 2.62. The van der Waals surface area contributed by atoms with Gasteiger partial charge < -0.3 is 20.1 Å². The fourth-order valence-electron chi connectivity index (χ4n) is 1.17. The highest BCUT2D eigenvalue weighted by atomic mass is 32.2. The second-order valence-corrected chi connectivity index (χ2v) is 4.60. The molecule has 1 saturated heterocycles. The van der Waals surface area contributed by atoms with Crippen molar-refractivity contribution in [3.05, 3.63) is 0 Å². The van der Waals surface area contributed by atoms with Gasteiger partial charge in [-0.1, -0.05) is 0 Å². The Balaban J connectivity index is 2.70. The van der Waals surface area contributed by atoms with E-state index in [9.17, 15) is 13.5 Å². The normalized spacial score (nSPS) is 38.9. The lowest BCUT2D eigenvalue weighted by Crippen LogP contribution is -2.37. The van der Waals surface area contributed by atoms with Crippen LogP contribution in [0.15, 0.2) is 0 Å². The van der Waals surface area contributed by atoms with E-state index in [0.29, 0.717) is 0 Å². The van der Waals surface area contributed by atoms with Crippen molar-refractivity contribution in [3.63, 3.8) is 0 Å². The third-order valence-corrected chi connectivity index (χ3v) is 2.35. The highest BCUT2D eigenvalue weighted by Gasteiger charge is 2.45. The molecule has 0 aromatic carbocycles. The number of ether oxygens (including phenoxy) is 1. The number of aliphatic hydroxyl groups is 3. The van der Waals surface area contributed by atoms with Gasteiger partial charge in [0, 0.05) is 0 Å². The van der Waals surface area contributed by atoms with E-state index in [1.807, 2.05) is 0 Å². The molecule has 1 aliphatic heterocycles. The smallest absolute Gasteiger partial charge is 0.264 e. The zero-order valence-electron chi connectivity index (χ0n) is 7.40. The first-order valence-corrected chi connectivity index (χ1v) is 5.67. The lowest BCUT2D eigenvalue weighted by molar-refractivity contribution is -0.127. The fourth-order valence-corrected chi connectivity index (χ4v) is 1.79. The quantitative estimate of drug-likeness (QED) is 0.454. The first kappa shape index (κ1) is 11.8. The standard InChI is InChI=1S/C6H12O7S/c1-14(10,11)13-5-4(8)3(2-7)12-6(5)9/h3-9H,2H2,1H3/t3-,4+,5-,6-/m0/s1. The van der Waals surface area contributed by atoms with Crippen LogP contribution in [0.25, 0.3) is 0 Å². The molecule has 0 amide bonds. The molecule has 0 spiro atoms. The summed E-state index contributed by atoms with van der Waals surface area (Å²) >= 11 is 0. The van der Waals surface area contributed by atoms with E-state index >= 15 is 0 Å². The van der Waals surface area contributed by atoms with Crippen molar-refractivity contribution in [2.75, 3.05) is 12.9 Å². The van der Waals surface area contributed by atoms with Crippen molar-refractivity contribution in [1.82, 2.24) is 0 Å². The molecular formula is C6H12O7S. The maximum Gasteiger partial charge on any atom is 0.264 e. The van der Waals surface area contributed by atoms with E-state index < -0.39 is 41.3 Å². The Morgan fingerprint density at radius 2 is 2.00 bits per heavy atom. The Kier molecular flexibility index (Phi) is 3.45. The molecule has 8 heteroatoms. The zero-order valence-corrected chi connectivity index (χ0v) is 8.22. The Morgan fingerprint density at radius 3 is 2.36 bits per heavy atom. The SMILES string of the molecule is CS(=O)(=O)O[C@H]1[C@H](O)[C@H](CO)O[C@@H]1O. The molecule has 4 atom stereocenters. The minimum Gasteiger partial charge on any atom is -0.394 e. The summed E-state index contributed by atoms with van der Waals surface area (Å²) < 4.78 is 30.5. The van der Waals surface area contributed by atoms with Gasteiger partial charge in [-0.3, -0.25) is 4.18 Å². The second kappa shape index (κ2) is 4.09. The van der Waals surface area contributed by atoms with Crippen LogP contribution >= 0.6 is 0 Å². The molecule has 14 heavy (non-hydrogen) atoms. The van der Waals surface area contributed by atoms with Crippen LogP contribution in [0.4, 0.5) is 0 Å². The van der Waals surface area contributed by atoms with E-state index in [0.717, 1.165) is 6.26 Å². The molecule has 0 unspecified atom stereocenters. The van der Waals surface area contributed by atoms with Gasteiger partial charge in [-0.2, -0.15) is 8.42 Å². The number of hydrogen-bond donors (Lipinski definition) is 3. The summed E-state index contributed by atoms with van der Waals surface area (Å²) in [5.41, 5.74) is 0. The molecule has 0 aromatic heterocycles. The van der Waals surface area contributed by atoms with Gasteiger partial charge in [0.25, 0.3) is 10.1 Å². The minimum absolute atomic E-state index is 0.526. The molecule has 0 bridgehead atoms. The zero-order chi connectivity index (χ0) is 10.9. The summed E-state index contributed by atoms with van der Waals surface area (Å²) in [6, 6.07) is 0. The average Bonchev–Trinajstić information content (AvgIpc) is 2.29. The molecule has 84 valence electrons. The predicted molar refractivity (Wildman–Crippen MR) is 43.7 cm³/mol. The van der Waals surface area contributed by atoms with Crippen LogP contribution in [0.2, 0.25) is 0 Å². The van der Waals surface area contributed by atoms with Crippen molar-refractivity contribution < 1.29 is 32.7 Å². The Hall–Kier alpha value is -0.250. The topological polar surface area (TPSA) is 113 Å². The number of aliphatic hydroxyl groups excluding tert-OH is 3. The van der Waals surface area contributed by atoms with Gasteiger partial charge in [0.1, 0.15) is 12.2 Å². The van der Waals surface area contributed by atoms with Crippen LogP contribution in [0.3, 0.4) is 0 Å². The summed E-state index contributed by atoms with van der Waals surface area (Å²) in [4.78, 5) is 0. The molecule has 1 rings (SSSR count). The predicted octanol–water partition coefficient (Wildman–Crippen LogP) is -2.60. The molecule has 1 fully saturated rings. The maximum absolute atomic E-state index is 10.7. The van der Waals surface area contributed by atoms with Gasteiger partial charge in [-0.25, -0.2) is 0 Å². The molecule has 0 aromatic rings. The number of rotatable bonds is 3. The summed E-state index contributed by atoms with van der Waals surface area (Å²) in [6.45, 7) is -0.526. The highest BCUT2D eigenvalue weighted by Crippen LogP contribution is 2.23. The summed E-state index contributed by atoms with van der Waals surface area (Å²) in [7, 11) is -3.79. The number of hydrogen-bond acceptors (Lipinski definition) is 7. The maximum atomic E-state index is 10.7. The minimum atomic E-state index is -3.79. The van der Waals surface area contributed by atoms with Crippen molar-refractivity contribution in [2.45, 2.75) is 24.6 Å². The first-order valence-electron chi connectivity index (χ1n) is 3.86. The molecule has 0 saturated carbocycles. The molecule has 1 aliphatic rings. The van der Waals surface area contributed by atoms with Crippen molar-refractivity contribution in [2.24, 2.45) is 0 Å². The van der Waals surface area contributed by atoms with Crippen LogP contribution in [0, 0.1) is 0 Å². The lowest BCUT2D eigenvalue weighted by atomic mass is 10.1. The van der Waals surface area contributed by atoms with Gasteiger partial charge in [-0.15, -0.1) is 0 Å². The van der Waals surface area contributed by atoms with Crippen LogP contribution in [0.1, 0.15) is 0 Å². The van der Waals surface area contributed by atoms with Crippen molar-refractivity contribution >= 4 is 10.1 Å². The molecule has 7 nitrogen and oxygen atoms in total. The van der Waals surface area contributed by atoms with Gasteiger partial charge in [0.15, 0.2) is 12.4 Å². The molecule has 0 radical (unpaired) electrons. The summed E-state index contributed by atoms with van der Waals surface area (Å²) in [6.07, 6.45) is -4.56. The van der Waals surface area contributed by atoms with E-state index in [4.69, 9.17) is 10.2 Å². The van der Waals surface area contributed by atoms with Gasteiger partial charge in [0.05, 0.1) is 12.9 Å². The van der Waals surface area contributed by atoms with Gasteiger partial charge >= 0.3 is 0 Å². The molecule has 1 heterocycles. The molecule has 0 aliphatic carbocycles. The summed E-state index contributed by atoms with van der Waals surface area (Å²) in [5.74, 6) is 0. The van der Waals surface area contributed by atoms with Crippen LogP contribution in [0.5, 0.6) is 0 Å². The highest BCUT2D eigenvalue weighted by molar-refractivity contribution is 7.86. The second-order valence-electron chi connectivity index (χ2n) is 3.00. The van der Waals surface area contributed by atoms with Gasteiger partial charge in [0.2, 0.25) is 0 Å². The Morgan fingerprint density at radius 1 is 1.43 bits per heavy atom. The van der Waals surface area contributed by atoms with E-state index in [-0.39, 0.29) is 0 Å². The van der Waals surface area contributed by atoms with E-state index in [1.54, 1.807) is 0 Å². The Labute approximate surface area is 81.0 Å². The van der Waals surface area contributed by atoms with E-state index in [2.05, 4.69) is 8.92 Å². The van der Waals surface area contributed by atoms with Crippen molar-refractivity contribution in [1.29, 1.82) is 0 Å². The first-order chi connectivity index (χ1) is 6.35. The average molecular weight is 228 g/mol. The largest absolute Gasteiger partial charge is 0.394 e. The van der Waals surface area contributed by atoms with Crippen LogP contribution < -0.4 is 0 Å². The van der Waals surface area contributed by atoms with Crippen molar-refractivity contribution in [3.8, 4) is 0 Å².